The first kappa shape index (κ1) is 19.2. The average Bonchev–Trinajstić information content (AvgIpc) is 3.08. The quantitative estimate of drug-likeness (QED) is 0.338. The summed E-state index contributed by atoms with van der Waals surface area (Å²) in [5.74, 6) is 2.15. The Morgan fingerprint density at radius 1 is 1.27 bits per heavy atom. The standard InChI is InChI=1S/C24H30N6/c1-14-7-5-9-18-20(14)26-22-21(18)28-30-23(27-22)29-25-13-17-12-19-16(11-15(17)2)8-6-10-24(19,3)4/h5,7-9,13,15,17,19H,6,10-12H2,1-4H3,(H2,26,27,29,30). The van der Waals surface area contributed by atoms with Gasteiger partial charge in [-0.1, -0.05) is 50.6 Å². The molecule has 6 heteroatoms. The maximum atomic E-state index is 4.58. The number of aromatic amines is 1. The molecule has 1 fully saturated rings. The van der Waals surface area contributed by atoms with Gasteiger partial charge in [0.15, 0.2) is 5.65 Å². The van der Waals surface area contributed by atoms with E-state index in [-0.39, 0.29) is 0 Å². The topological polar surface area (TPSA) is 78.9 Å². The Balaban J connectivity index is 1.33. The maximum Gasteiger partial charge on any atom is 0.265 e. The number of benzene rings is 1. The minimum Gasteiger partial charge on any atom is -0.337 e. The second-order valence-corrected chi connectivity index (χ2v) is 9.78. The Morgan fingerprint density at radius 3 is 3.00 bits per heavy atom. The molecule has 2 heterocycles. The SMILES string of the molecule is Cc1cccc2c1[nH]c1nc(NN=CC3CC4C(=CCCC4(C)C)CC3C)nnc12. The lowest BCUT2D eigenvalue weighted by molar-refractivity contribution is 0.149. The summed E-state index contributed by atoms with van der Waals surface area (Å²) in [6, 6.07) is 6.15. The molecule has 0 bridgehead atoms. The number of fused-ring (bicyclic) bond motifs is 4. The lowest BCUT2D eigenvalue weighted by Gasteiger charge is -2.46. The number of H-pyrrole nitrogens is 1. The molecule has 3 aromatic rings. The first-order valence-corrected chi connectivity index (χ1v) is 11.0. The van der Waals surface area contributed by atoms with Gasteiger partial charge in [0.25, 0.3) is 5.95 Å². The van der Waals surface area contributed by atoms with Crippen LogP contribution in [0.2, 0.25) is 0 Å². The van der Waals surface area contributed by atoms with Crippen LogP contribution in [0.3, 0.4) is 0 Å². The normalized spacial score (nSPS) is 26.1. The van der Waals surface area contributed by atoms with Gasteiger partial charge >= 0.3 is 0 Å². The summed E-state index contributed by atoms with van der Waals surface area (Å²) in [6.45, 7) is 9.26. The van der Waals surface area contributed by atoms with Crippen LogP contribution in [-0.4, -0.2) is 26.4 Å². The van der Waals surface area contributed by atoms with Crippen molar-refractivity contribution in [2.24, 2.45) is 28.3 Å². The Hall–Kier alpha value is -2.76. The molecule has 5 rings (SSSR count). The van der Waals surface area contributed by atoms with Gasteiger partial charge in [-0.3, -0.25) is 0 Å². The van der Waals surface area contributed by atoms with Crippen LogP contribution in [0.4, 0.5) is 5.95 Å². The molecule has 1 saturated carbocycles. The van der Waals surface area contributed by atoms with Crippen molar-refractivity contribution in [1.82, 2.24) is 20.2 Å². The van der Waals surface area contributed by atoms with Crippen molar-refractivity contribution in [3.05, 3.63) is 35.4 Å². The van der Waals surface area contributed by atoms with E-state index in [1.807, 2.05) is 12.1 Å². The predicted octanol–water partition coefficient (Wildman–Crippen LogP) is 5.62. The number of allylic oxidation sites excluding steroid dienone is 2. The number of hydrogen-bond acceptors (Lipinski definition) is 5. The van der Waals surface area contributed by atoms with Crippen molar-refractivity contribution in [1.29, 1.82) is 0 Å². The minimum atomic E-state index is 0.384. The Bertz CT molecular complexity index is 1160. The highest BCUT2D eigenvalue weighted by atomic mass is 15.4. The third-order valence-electron chi connectivity index (χ3n) is 7.27. The van der Waals surface area contributed by atoms with Crippen LogP contribution in [0.25, 0.3) is 22.1 Å². The zero-order valence-corrected chi connectivity index (χ0v) is 18.2. The van der Waals surface area contributed by atoms with Gasteiger partial charge in [0.05, 0.1) is 5.52 Å². The Labute approximate surface area is 177 Å². The predicted molar refractivity (Wildman–Crippen MR) is 123 cm³/mol. The molecule has 0 spiro atoms. The van der Waals surface area contributed by atoms with Crippen LogP contribution in [0.5, 0.6) is 0 Å². The van der Waals surface area contributed by atoms with Crippen LogP contribution in [-0.2, 0) is 0 Å². The fourth-order valence-corrected chi connectivity index (χ4v) is 5.36. The molecule has 0 amide bonds. The van der Waals surface area contributed by atoms with Gasteiger partial charge in [-0.2, -0.15) is 10.1 Å². The van der Waals surface area contributed by atoms with Gasteiger partial charge in [0, 0.05) is 11.6 Å². The van der Waals surface area contributed by atoms with Crippen LogP contribution in [0.15, 0.2) is 34.9 Å². The molecular formula is C24H30N6. The third-order valence-corrected chi connectivity index (χ3v) is 7.27. The van der Waals surface area contributed by atoms with E-state index in [1.165, 1.54) is 31.2 Å². The molecule has 2 aliphatic rings. The lowest BCUT2D eigenvalue weighted by Crippen LogP contribution is -2.36. The molecule has 30 heavy (non-hydrogen) atoms. The molecule has 0 radical (unpaired) electrons. The third kappa shape index (κ3) is 3.28. The fourth-order valence-electron chi connectivity index (χ4n) is 5.36. The maximum absolute atomic E-state index is 4.58. The monoisotopic (exact) mass is 402 g/mol. The van der Waals surface area contributed by atoms with Crippen molar-refractivity contribution in [2.45, 2.75) is 53.4 Å². The average molecular weight is 403 g/mol. The van der Waals surface area contributed by atoms with Crippen molar-refractivity contribution < 1.29 is 0 Å². The molecule has 2 N–H and O–H groups in total. The number of hydrazone groups is 1. The fraction of sp³-hybridized carbons (Fsp3) is 0.500. The van der Waals surface area contributed by atoms with E-state index < -0.39 is 0 Å². The Morgan fingerprint density at radius 2 is 2.13 bits per heavy atom. The number of nitrogens with zero attached hydrogens (tertiary/aromatic N) is 4. The van der Waals surface area contributed by atoms with E-state index in [2.05, 4.69) is 76.7 Å². The van der Waals surface area contributed by atoms with Gasteiger partial charge in [-0.25, -0.2) is 5.43 Å². The van der Waals surface area contributed by atoms with Gasteiger partial charge in [0.2, 0.25) is 0 Å². The van der Waals surface area contributed by atoms with Crippen molar-refractivity contribution >= 4 is 34.2 Å². The van der Waals surface area contributed by atoms with E-state index in [0.29, 0.717) is 29.1 Å². The molecule has 2 aromatic heterocycles. The van der Waals surface area contributed by atoms with Crippen molar-refractivity contribution in [3.63, 3.8) is 0 Å². The van der Waals surface area contributed by atoms with E-state index in [1.54, 1.807) is 5.57 Å². The summed E-state index contributed by atoms with van der Waals surface area (Å²) in [5, 5.41) is 14.2. The van der Waals surface area contributed by atoms with Gasteiger partial charge in [-0.05, 0) is 61.3 Å². The highest BCUT2D eigenvalue weighted by molar-refractivity contribution is 6.04. The summed E-state index contributed by atoms with van der Waals surface area (Å²) in [4.78, 5) is 7.94. The number of rotatable bonds is 3. The highest BCUT2D eigenvalue weighted by Crippen LogP contribution is 2.50. The zero-order valence-electron chi connectivity index (χ0n) is 18.2. The molecule has 1 aromatic carbocycles. The smallest absolute Gasteiger partial charge is 0.265 e. The number of anilines is 1. The number of aryl methyl sites for hydroxylation is 1. The van der Waals surface area contributed by atoms with Gasteiger partial charge in [-0.15, -0.1) is 10.2 Å². The van der Waals surface area contributed by atoms with E-state index >= 15 is 0 Å². The van der Waals surface area contributed by atoms with Crippen LogP contribution in [0, 0.1) is 30.1 Å². The minimum absolute atomic E-state index is 0.384. The summed E-state index contributed by atoms with van der Waals surface area (Å²) < 4.78 is 0. The summed E-state index contributed by atoms with van der Waals surface area (Å²) in [7, 11) is 0. The summed E-state index contributed by atoms with van der Waals surface area (Å²) in [5.41, 5.74) is 8.82. The Kier molecular flexibility index (Phi) is 4.60. The molecule has 0 aliphatic heterocycles. The van der Waals surface area contributed by atoms with E-state index in [9.17, 15) is 0 Å². The number of aromatic nitrogens is 4. The largest absolute Gasteiger partial charge is 0.337 e. The molecular weight excluding hydrogens is 372 g/mol. The molecule has 6 nitrogen and oxygen atoms in total. The molecule has 0 saturated heterocycles. The number of para-hydroxylation sites is 1. The molecule has 156 valence electrons. The lowest BCUT2D eigenvalue weighted by atomic mass is 9.59. The van der Waals surface area contributed by atoms with E-state index in [0.717, 1.165) is 22.1 Å². The first-order valence-electron chi connectivity index (χ1n) is 11.0. The molecule has 3 unspecified atom stereocenters. The molecule has 3 atom stereocenters. The zero-order chi connectivity index (χ0) is 20.9. The van der Waals surface area contributed by atoms with Crippen LogP contribution < -0.4 is 5.43 Å². The van der Waals surface area contributed by atoms with Crippen molar-refractivity contribution in [3.8, 4) is 0 Å². The van der Waals surface area contributed by atoms with Crippen molar-refractivity contribution in [2.75, 3.05) is 5.43 Å². The summed E-state index contributed by atoms with van der Waals surface area (Å²) >= 11 is 0. The number of nitrogens with one attached hydrogen (secondary N) is 2. The highest BCUT2D eigenvalue weighted by Gasteiger charge is 2.40. The first-order chi connectivity index (χ1) is 14.4. The van der Waals surface area contributed by atoms with Gasteiger partial charge < -0.3 is 4.98 Å². The summed E-state index contributed by atoms with van der Waals surface area (Å²) in [6.07, 6.45) is 9.42. The van der Waals surface area contributed by atoms with Gasteiger partial charge in [0.1, 0.15) is 5.52 Å². The second kappa shape index (κ2) is 7.18. The van der Waals surface area contributed by atoms with Crippen LogP contribution in [0.1, 0.15) is 52.0 Å². The van der Waals surface area contributed by atoms with Crippen LogP contribution >= 0.6 is 0 Å². The van der Waals surface area contributed by atoms with E-state index in [4.69, 9.17) is 0 Å². The molecule has 2 aliphatic carbocycles. The second-order valence-electron chi connectivity index (χ2n) is 9.78. The number of hydrogen-bond donors (Lipinski definition) is 2.